The monoisotopic (exact) mass is 511 g/mol. The van der Waals surface area contributed by atoms with Gasteiger partial charge in [-0.05, 0) is 92.0 Å². The highest BCUT2D eigenvalue weighted by Crippen LogP contribution is 2.61. The van der Waals surface area contributed by atoms with Crippen molar-refractivity contribution in [1.82, 2.24) is 0 Å². The Balaban J connectivity index is 0.00000342. The quantitative estimate of drug-likeness (QED) is 0.0305. The largest absolute Gasteiger partial charge is 0.475 e. The van der Waals surface area contributed by atoms with Gasteiger partial charge in [-0.25, -0.2) is 4.57 Å². The minimum atomic E-state index is -3.54. The fourth-order valence-electron chi connectivity index (χ4n) is 6.15. The molecule has 196 valence electrons. The summed E-state index contributed by atoms with van der Waals surface area (Å²) in [6.45, 7) is 6.13. The summed E-state index contributed by atoms with van der Waals surface area (Å²) < 4.78 is 32.4. The third-order valence-electron chi connectivity index (χ3n) is 7.62. The number of azide groups is 1. The molecule has 0 aromatic carbocycles. The molecule has 3 aliphatic carbocycles. The van der Waals surface area contributed by atoms with Gasteiger partial charge in [-0.2, -0.15) is 0 Å². The molecule has 0 bridgehead atoms. The van der Waals surface area contributed by atoms with Crippen LogP contribution in [0.25, 0.3) is 10.4 Å². The third-order valence-corrected chi connectivity index (χ3v) is 8.56. The molecule has 6 atom stereocenters. The average molecular weight is 512 g/mol. The van der Waals surface area contributed by atoms with Crippen LogP contribution in [0.5, 0.6) is 0 Å². The van der Waals surface area contributed by atoms with Crippen LogP contribution in [0.4, 0.5) is 0 Å². The normalized spacial score (nSPS) is 31.9. The Morgan fingerprint density at radius 2 is 2.03 bits per heavy atom. The number of fused-ring (bicyclic) bond motifs is 3. The molecule has 0 spiro atoms. The molecule has 11 heteroatoms. The number of carbonyl (C=O) groups excluding carboxylic acids is 2. The summed E-state index contributed by atoms with van der Waals surface area (Å²) in [5, 5.41) is 2.80. The Bertz CT molecular complexity index is 1030. The summed E-state index contributed by atoms with van der Waals surface area (Å²) in [5.74, 6) is 1.02. The first-order chi connectivity index (χ1) is 16.6. The van der Waals surface area contributed by atoms with Crippen molar-refractivity contribution in [1.29, 1.82) is 0 Å². The first-order valence-corrected chi connectivity index (χ1v) is 13.9. The smallest absolute Gasteiger partial charge is 0.385 e. The predicted octanol–water partition coefficient (Wildman–Crippen LogP) is 6.66. The Morgan fingerprint density at radius 1 is 1.26 bits per heavy atom. The van der Waals surface area contributed by atoms with Gasteiger partial charge in [-0.1, -0.05) is 13.0 Å². The molecule has 2 saturated carbocycles. The van der Waals surface area contributed by atoms with Gasteiger partial charge < -0.3 is 14.1 Å². The lowest BCUT2D eigenvalue weighted by molar-refractivity contribution is -0.155. The molecule has 0 aromatic heterocycles. The van der Waals surface area contributed by atoms with Crippen LogP contribution in [0.15, 0.2) is 40.9 Å². The van der Waals surface area contributed by atoms with Crippen LogP contribution in [-0.2, 0) is 32.8 Å². The summed E-state index contributed by atoms with van der Waals surface area (Å²) in [7, 11) is -3.54. The van der Waals surface area contributed by atoms with E-state index >= 15 is 0 Å². The van der Waals surface area contributed by atoms with E-state index in [1.165, 1.54) is 26.8 Å². The van der Waals surface area contributed by atoms with Crippen LogP contribution in [0.2, 0.25) is 0 Å². The molecule has 3 unspecified atom stereocenters. The standard InChI is InChI=1S/C24H34N3O7P.2H2/c1-16(28)5-7-19-18(12-14-31-15-32-35(4,30)34-27-26-25)6-8-21-20(19)11-13-24(3)22(21)9-10-23(24)33-17(2)29;;/h5,7,12,14,20-23H,6,8-11,13,15H2,1-4H3;2*1H/b7-5+,14-12+;;/t20?,21-,22?,23+,24+,35?;;/m1../s1. The number of nitrogens with zero attached hydrogens (tertiary/aromatic N) is 3. The van der Waals surface area contributed by atoms with Gasteiger partial charge in [0.05, 0.1) is 12.9 Å². The van der Waals surface area contributed by atoms with E-state index in [4.69, 9.17) is 19.5 Å². The van der Waals surface area contributed by atoms with E-state index in [-0.39, 0.29) is 32.9 Å². The highest BCUT2D eigenvalue weighted by atomic mass is 31.2. The SMILES string of the molecule is CC(=O)/C=C/C1=C(/C=C/OCOP(C)(=O)ON=[N+]=[N-])CC[C@@H]2C1CC[C@@]1(C)C2CC[C@@H]1OC(C)=O.[HH].[HH]. The summed E-state index contributed by atoms with van der Waals surface area (Å²) >= 11 is 0. The zero-order valence-corrected chi connectivity index (χ0v) is 21.6. The van der Waals surface area contributed by atoms with Crippen molar-refractivity contribution >= 4 is 19.3 Å². The van der Waals surface area contributed by atoms with E-state index in [2.05, 4.69) is 21.7 Å². The first-order valence-electron chi connectivity index (χ1n) is 11.9. The van der Waals surface area contributed by atoms with Gasteiger partial charge in [0, 0.05) is 20.1 Å². The van der Waals surface area contributed by atoms with Crippen molar-refractivity contribution in [3.63, 3.8) is 0 Å². The molecule has 3 aliphatic rings. The van der Waals surface area contributed by atoms with Crippen LogP contribution >= 0.6 is 7.60 Å². The lowest BCUT2D eigenvalue weighted by atomic mass is 9.55. The number of carbonyl (C=O) groups is 2. The molecule has 0 saturated heterocycles. The Labute approximate surface area is 208 Å². The van der Waals surface area contributed by atoms with Crippen molar-refractivity contribution in [3.05, 3.63) is 46.1 Å². The maximum atomic E-state index is 11.9. The van der Waals surface area contributed by atoms with Crippen LogP contribution < -0.4 is 0 Å². The van der Waals surface area contributed by atoms with E-state index in [0.717, 1.165) is 49.7 Å². The van der Waals surface area contributed by atoms with Crippen LogP contribution in [0.1, 0.15) is 62.1 Å². The molecular weight excluding hydrogens is 473 g/mol. The second kappa shape index (κ2) is 11.5. The lowest BCUT2D eigenvalue weighted by Crippen LogP contribution is -2.45. The molecular formula is C24H38N3O7P. The Hall–Kier alpha value is -2.54. The first kappa shape index (κ1) is 27.1. The van der Waals surface area contributed by atoms with Crippen molar-refractivity contribution in [2.24, 2.45) is 28.4 Å². The second-order valence-electron chi connectivity index (χ2n) is 9.80. The minimum Gasteiger partial charge on any atom is -0.475 e. The van der Waals surface area contributed by atoms with E-state index in [9.17, 15) is 14.2 Å². The maximum Gasteiger partial charge on any atom is 0.385 e. The van der Waals surface area contributed by atoms with Gasteiger partial charge in [0.2, 0.25) is 0 Å². The molecule has 3 rings (SSSR count). The fraction of sp³-hybridized carbons (Fsp3) is 0.667. The molecule has 0 radical (unpaired) electrons. The van der Waals surface area contributed by atoms with E-state index in [1.54, 1.807) is 6.08 Å². The van der Waals surface area contributed by atoms with E-state index in [1.807, 2.05) is 12.2 Å². The molecule has 2 fully saturated rings. The average Bonchev–Trinajstić information content (AvgIpc) is 3.12. The van der Waals surface area contributed by atoms with Gasteiger partial charge >= 0.3 is 13.6 Å². The minimum absolute atomic E-state index is 0. The molecule has 0 aromatic rings. The zero-order chi connectivity index (χ0) is 25.6. The number of ketones is 1. The Morgan fingerprint density at radius 3 is 2.71 bits per heavy atom. The van der Waals surface area contributed by atoms with Crippen LogP contribution in [-0.4, -0.2) is 31.3 Å². The van der Waals surface area contributed by atoms with Gasteiger partial charge in [0.1, 0.15) is 11.4 Å². The topological polar surface area (TPSA) is 137 Å². The van der Waals surface area contributed by atoms with E-state index < -0.39 is 7.60 Å². The molecule has 0 heterocycles. The molecule has 0 aliphatic heterocycles. The summed E-state index contributed by atoms with van der Waals surface area (Å²) in [6.07, 6.45) is 12.6. The third kappa shape index (κ3) is 6.57. The summed E-state index contributed by atoms with van der Waals surface area (Å²) in [6, 6.07) is 0. The summed E-state index contributed by atoms with van der Waals surface area (Å²) in [5.41, 5.74) is 10.5. The number of hydrogen-bond acceptors (Lipinski definition) is 8. The lowest BCUT2D eigenvalue weighted by Gasteiger charge is -2.50. The van der Waals surface area contributed by atoms with Crippen LogP contribution in [0, 0.1) is 23.2 Å². The van der Waals surface area contributed by atoms with Gasteiger partial charge in [0.25, 0.3) is 0 Å². The summed E-state index contributed by atoms with van der Waals surface area (Å²) in [4.78, 5) is 25.7. The molecule has 0 N–H and O–H groups in total. The molecule has 35 heavy (non-hydrogen) atoms. The number of hydrogen-bond donors (Lipinski definition) is 0. The van der Waals surface area contributed by atoms with Crippen molar-refractivity contribution in [3.8, 4) is 0 Å². The second-order valence-corrected chi connectivity index (χ2v) is 11.8. The number of esters is 1. The zero-order valence-electron chi connectivity index (χ0n) is 20.7. The number of rotatable bonds is 10. The van der Waals surface area contributed by atoms with Gasteiger partial charge in [-0.3, -0.25) is 14.1 Å². The molecule has 0 amide bonds. The van der Waals surface area contributed by atoms with Gasteiger partial charge in [-0.15, -0.1) is 0 Å². The van der Waals surface area contributed by atoms with Crippen LogP contribution in [0.3, 0.4) is 0 Å². The highest BCUT2D eigenvalue weighted by molar-refractivity contribution is 7.52. The fourth-order valence-corrected chi connectivity index (χ4v) is 6.61. The molecule has 10 nitrogen and oxygen atoms in total. The predicted molar refractivity (Wildman–Crippen MR) is 133 cm³/mol. The van der Waals surface area contributed by atoms with Crippen molar-refractivity contribution in [2.45, 2.75) is 65.4 Å². The Kier molecular flexibility index (Phi) is 8.86. The van der Waals surface area contributed by atoms with Gasteiger partial charge in [0.15, 0.2) is 12.6 Å². The number of allylic oxidation sites excluding steroid dienone is 5. The van der Waals surface area contributed by atoms with E-state index in [0.29, 0.717) is 17.8 Å². The maximum absolute atomic E-state index is 11.9. The van der Waals surface area contributed by atoms with Crippen molar-refractivity contribution in [2.75, 3.05) is 13.5 Å². The van der Waals surface area contributed by atoms with Crippen molar-refractivity contribution < 1.29 is 35.6 Å². The number of ether oxygens (including phenoxy) is 2. The highest BCUT2D eigenvalue weighted by Gasteiger charge is 2.56.